The topological polar surface area (TPSA) is 26.3 Å². The van der Waals surface area contributed by atoms with Crippen LogP contribution in [0, 0.1) is 0 Å². The third-order valence-corrected chi connectivity index (χ3v) is 5.34. The number of carbonyl (C=O) groups is 1. The number of carbonyl (C=O) groups excluding carboxylic acids is 1. The predicted molar refractivity (Wildman–Crippen MR) is 98.5 cm³/mol. The largest absolute Gasteiger partial charge is 0.466 e. The van der Waals surface area contributed by atoms with Crippen LogP contribution in [0.4, 0.5) is 0 Å². The minimum atomic E-state index is -0.0343. The summed E-state index contributed by atoms with van der Waals surface area (Å²) in [5, 5.41) is 0.991. The van der Waals surface area contributed by atoms with E-state index in [1.54, 1.807) is 11.8 Å². The van der Waals surface area contributed by atoms with Gasteiger partial charge in [0, 0.05) is 16.8 Å². The van der Waals surface area contributed by atoms with Crippen molar-refractivity contribution in [2.45, 2.75) is 77.6 Å². The molecule has 126 valence electrons. The van der Waals surface area contributed by atoms with Gasteiger partial charge in [-0.3, -0.25) is 4.79 Å². The van der Waals surface area contributed by atoms with Crippen molar-refractivity contribution in [2.75, 3.05) is 23.4 Å². The van der Waals surface area contributed by atoms with Crippen LogP contribution in [0.25, 0.3) is 0 Å². The number of rotatable bonds is 16. The molecule has 0 aliphatic rings. The Balaban J connectivity index is 3.09. The molecule has 2 nitrogen and oxygen atoms in total. The lowest BCUT2D eigenvalue weighted by Gasteiger charge is -2.05. The molecule has 0 radical (unpaired) electrons. The molecular formula is C17H33BrO2S. The second kappa shape index (κ2) is 18.3. The molecule has 0 aromatic carbocycles. The van der Waals surface area contributed by atoms with E-state index in [9.17, 15) is 4.79 Å². The van der Waals surface area contributed by atoms with Crippen LogP contribution in [0.1, 0.15) is 77.6 Å². The van der Waals surface area contributed by atoms with E-state index < -0.39 is 0 Å². The zero-order chi connectivity index (χ0) is 15.6. The lowest BCUT2D eigenvalue weighted by molar-refractivity contribution is -0.143. The summed E-state index contributed by atoms with van der Waals surface area (Å²) in [6.45, 7) is 2.87. The van der Waals surface area contributed by atoms with Gasteiger partial charge in [-0.05, 0) is 6.42 Å². The molecular weight excluding hydrogens is 348 g/mol. The smallest absolute Gasteiger partial charge is 0.306 e. The van der Waals surface area contributed by atoms with E-state index in [0.717, 1.165) is 23.3 Å². The molecule has 0 heterocycles. The van der Waals surface area contributed by atoms with Gasteiger partial charge >= 0.3 is 5.97 Å². The molecule has 0 unspecified atom stereocenters. The number of hydrogen-bond donors (Lipinski definition) is 0. The average Bonchev–Trinajstić information content (AvgIpc) is 2.49. The van der Waals surface area contributed by atoms with Crippen molar-refractivity contribution in [1.82, 2.24) is 0 Å². The maximum atomic E-state index is 11.4. The molecule has 0 fully saturated rings. The number of ether oxygens (including phenoxy) is 1. The Kier molecular flexibility index (Phi) is 18.6. The third kappa shape index (κ3) is 18.3. The number of halogens is 1. The van der Waals surface area contributed by atoms with E-state index >= 15 is 0 Å². The van der Waals surface area contributed by atoms with Crippen molar-refractivity contribution < 1.29 is 9.53 Å². The van der Waals surface area contributed by atoms with Crippen LogP contribution >= 0.6 is 27.7 Å². The number of esters is 1. The van der Waals surface area contributed by atoms with Gasteiger partial charge in [0.2, 0.25) is 0 Å². The fraction of sp³-hybridized carbons (Fsp3) is 0.941. The van der Waals surface area contributed by atoms with Gasteiger partial charge in [0.15, 0.2) is 0 Å². The minimum Gasteiger partial charge on any atom is -0.466 e. The second-order valence-electron chi connectivity index (χ2n) is 5.45. The molecule has 4 heteroatoms. The Hall–Kier alpha value is 0.300. The molecule has 0 atom stereocenters. The first-order valence-corrected chi connectivity index (χ1v) is 10.9. The molecule has 0 aliphatic heterocycles. The zero-order valence-corrected chi connectivity index (χ0v) is 16.1. The highest BCUT2D eigenvalue weighted by atomic mass is 79.9. The standard InChI is InChI=1S/C17H33BrO2S/c1-2-3-4-5-6-7-8-9-10-11-14-20-17(19)12-15-21-16-13-18/h2-16H2,1H3. The van der Waals surface area contributed by atoms with Crippen molar-refractivity contribution in [3.05, 3.63) is 0 Å². The molecule has 0 saturated heterocycles. The van der Waals surface area contributed by atoms with Gasteiger partial charge in [-0.25, -0.2) is 0 Å². The van der Waals surface area contributed by atoms with Crippen molar-refractivity contribution >= 4 is 33.7 Å². The van der Waals surface area contributed by atoms with Gasteiger partial charge < -0.3 is 4.74 Å². The Labute approximate surface area is 144 Å². The predicted octanol–water partition coefficient (Wildman–Crippen LogP) is 5.97. The molecule has 0 aromatic heterocycles. The Morgan fingerprint density at radius 3 is 2.05 bits per heavy atom. The third-order valence-electron chi connectivity index (χ3n) is 3.43. The highest BCUT2D eigenvalue weighted by molar-refractivity contribution is 9.09. The van der Waals surface area contributed by atoms with Crippen molar-refractivity contribution in [2.24, 2.45) is 0 Å². The van der Waals surface area contributed by atoms with E-state index in [1.807, 2.05) is 0 Å². The first-order chi connectivity index (χ1) is 10.3. The summed E-state index contributed by atoms with van der Waals surface area (Å²) < 4.78 is 5.23. The molecule has 0 saturated carbocycles. The highest BCUT2D eigenvalue weighted by Gasteiger charge is 2.02. The van der Waals surface area contributed by atoms with Crippen LogP contribution in [0.15, 0.2) is 0 Å². The first kappa shape index (κ1) is 21.3. The Bertz CT molecular complexity index is 225. The lowest BCUT2D eigenvalue weighted by atomic mass is 10.1. The molecule has 0 spiro atoms. The number of thioether (sulfide) groups is 1. The van der Waals surface area contributed by atoms with Crippen LogP contribution in [-0.4, -0.2) is 29.4 Å². The maximum absolute atomic E-state index is 11.4. The normalized spacial score (nSPS) is 10.8. The summed E-state index contributed by atoms with van der Waals surface area (Å²) in [5.74, 6) is 1.90. The van der Waals surface area contributed by atoms with Crippen molar-refractivity contribution in [1.29, 1.82) is 0 Å². The minimum absolute atomic E-state index is 0.0343. The quantitative estimate of drug-likeness (QED) is 0.187. The van der Waals surface area contributed by atoms with E-state index in [-0.39, 0.29) is 5.97 Å². The fourth-order valence-electron chi connectivity index (χ4n) is 2.16. The number of hydrogen-bond acceptors (Lipinski definition) is 3. The summed E-state index contributed by atoms with van der Waals surface area (Å²) in [4.78, 5) is 11.4. The van der Waals surface area contributed by atoms with Gasteiger partial charge in [0.05, 0.1) is 13.0 Å². The van der Waals surface area contributed by atoms with E-state index in [4.69, 9.17) is 4.74 Å². The van der Waals surface area contributed by atoms with Gasteiger partial charge in [0.25, 0.3) is 0 Å². The molecule has 0 amide bonds. The SMILES string of the molecule is CCCCCCCCCCCCOC(=O)CCSCCBr. The van der Waals surface area contributed by atoms with Crippen LogP contribution in [0.2, 0.25) is 0 Å². The number of alkyl halides is 1. The van der Waals surface area contributed by atoms with Crippen LogP contribution in [-0.2, 0) is 9.53 Å². The van der Waals surface area contributed by atoms with E-state index in [1.165, 1.54) is 57.8 Å². The van der Waals surface area contributed by atoms with E-state index in [2.05, 4.69) is 22.9 Å². The lowest BCUT2D eigenvalue weighted by Crippen LogP contribution is -2.07. The Morgan fingerprint density at radius 2 is 1.48 bits per heavy atom. The van der Waals surface area contributed by atoms with Crippen molar-refractivity contribution in [3.63, 3.8) is 0 Å². The molecule has 0 rings (SSSR count). The highest BCUT2D eigenvalue weighted by Crippen LogP contribution is 2.10. The summed E-state index contributed by atoms with van der Waals surface area (Å²) >= 11 is 5.17. The first-order valence-electron chi connectivity index (χ1n) is 8.60. The fourth-order valence-corrected chi connectivity index (χ4v) is 3.47. The summed E-state index contributed by atoms with van der Waals surface area (Å²) in [7, 11) is 0. The Morgan fingerprint density at radius 1 is 0.905 bits per heavy atom. The van der Waals surface area contributed by atoms with Crippen LogP contribution in [0.5, 0.6) is 0 Å². The van der Waals surface area contributed by atoms with Gasteiger partial charge in [-0.2, -0.15) is 11.8 Å². The molecule has 0 N–H and O–H groups in total. The van der Waals surface area contributed by atoms with Crippen molar-refractivity contribution in [3.8, 4) is 0 Å². The molecule has 0 aromatic rings. The van der Waals surface area contributed by atoms with Gasteiger partial charge in [-0.1, -0.05) is 80.6 Å². The van der Waals surface area contributed by atoms with Crippen LogP contribution in [0.3, 0.4) is 0 Å². The van der Waals surface area contributed by atoms with Gasteiger partial charge in [0.1, 0.15) is 0 Å². The number of unbranched alkanes of at least 4 members (excludes halogenated alkanes) is 9. The summed E-state index contributed by atoms with van der Waals surface area (Å²) in [5.41, 5.74) is 0. The summed E-state index contributed by atoms with van der Waals surface area (Å²) in [6, 6.07) is 0. The monoisotopic (exact) mass is 380 g/mol. The molecule has 21 heavy (non-hydrogen) atoms. The van der Waals surface area contributed by atoms with Crippen LogP contribution < -0.4 is 0 Å². The maximum Gasteiger partial charge on any atom is 0.306 e. The summed E-state index contributed by atoms with van der Waals surface area (Å²) in [6.07, 6.45) is 13.7. The zero-order valence-electron chi connectivity index (χ0n) is 13.7. The molecule has 0 aliphatic carbocycles. The van der Waals surface area contributed by atoms with E-state index in [0.29, 0.717) is 13.0 Å². The average molecular weight is 381 g/mol. The molecule has 0 bridgehead atoms. The van der Waals surface area contributed by atoms with Gasteiger partial charge in [-0.15, -0.1) is 0 Å². The second-order valence-corrected chi connectivity index (χ2v) is 7.47.